The number of hydrogen-bond donors (Lipinski definition) is 2. The standard InChI is InChI=1S/C28H29F3N2O6/c1-25(2,3)18-11-19(26(4,5)6)13-20(12-18)27(28(29,30)31,16-7-9-23(34)21(14-16)32(36)37)17-8-10-24(35)22(15-17)33(38)39/h7-15,34-35H,1-6H3. The van der Waals surface area contributed by atoms with Crippen LogP contribution in [0.2, 0.25) is 0 Å². The minimum Gasteiger partial charge on any atom is -0.502 e. The maximum atomic E-state index is 15.7. The van der Waals surface area contributed by atoms with Crippen molar-refractivity contribution in [2.45, 2.75) is 64.0 Å². The van der Waals surface area contributed by atoms with Gasteiger partial charge in [-0.2, -0.15) is 13.2 Å². The summed E-state index contributed by atoms with van der Waals surface area (Å²) >= 11 is 0. The number of rotatable bonds is 5. The van der Waals surface area contributed by atoms with E-state index in [-0.39, 0.29) is 5.56 Å². The summed E-state index contributed by atoms with van der Waals surface area (Å²) in [5, 5.41) is 43.3. The molecule has 3 aromatic carbocycles. The second kappa shape index (κ2) is 9.55. The Balaban J connectivity index is 2.67. The Bertz CT molecular complexity index is 1360. The van der Waals surface area contributed by atoms with Crippen molar-refractivity contribution in [1.29, 1.82) is 0 Å². The third-order valence-corrected chi connectivity index (χ3v) is 6.73. The molecule has 0 aromatic heterocycles. The molecule has 0 saturated heterocycles. The zero-order valence-corrected chi connectivity index (χ0v) is 22.3. The maximum absolute atomic E-state index is 15.7. The van der Waals surface area contributed by atoms with Crippen LogP contribution in [0.4, 0.5) is 24.5 Å². The first-order chi connectivity index (χ1) is 17.7. The number of phenolic OH excluding ortho intramolecular Hbond substituents is 2. The first kappa shape index (κ1) is 29.4. The third kappa shape index (κ3) is 5.25. The molecule has 3 rings (SSSR count). The van der Waals surface area contributed by atoms with E-state index in [1.807, 2.05) is 41.5 Å². The molecule has 39 heavy (non-hydrogen) atoms. The number of phenols is 2. The van der Waals surface area contributed by atoms with Crippen LogP contribution >= 0.6 is 0 Å². The Hall–Kier alpha value is -4.15. The van der Waals surface area contributed by atoms with Gasteiger partial charge in [-0.05, 0) is 50.8 Å². The molecule has 0 unspecified atom stereocenters. The van der Waals surface area contributed by atoms with Crippen LogP contribution in [0.25, 0.3) is 0 Å². The highest BCUT2D eigenvalue weighted by Gasteiger charge is 2.59. The van der Waals surface area contributed by atoms with Crippen molar-refractivity contribution >= 4 is 11.4 Å². The van der Waals surface area contributed by atoms with Crippen LogP contribution in [0, 0.1) is 20.2 Å². The van der Waals surface area contributed by atoms with E-state index in [9.17, 15) is 30.4 Å². The summed E-state index contributed by atoms with van der Waals surface area (Å²) in [6.45, 7) is 10.9. The normalized spacial score (nSPS) is 12.8. The van der Waals surface area contributed by atoms with Crippen LogP contribution in [0.5, 0.6) is 11.5 Å². The van der Waals surface area contributed by atoms with Crippen molar-refractivity contribution in [2.24, 2.45) is 0 Å². The predicted molar refractivity (Wildman–Crippen MR) is 139 cm³/mol. The average molecular weight is 547 g/mol. The molecule has 0 atom stereocenters. The van der Waals surface area contributed by atoms with E-state index in [1.165, 1.54) is 12.1 Å². The Morgan fingerprint density at radius 2 is 0.923 bits per heavy atom. The number of nitro benzene ring substituents is 2. The molecule has 0 heterocycles. The van der Waals surface area contributed by atoms with E-state index in [4.69, 9.17) is 0 Å². The molecule has 8 nitrogen and oxygen atoms in total. The third-order valence-electron chi connectivity index (χ3n) is 6.73. The predicted octanol–water partition coefficient (Wildman–Crippen LogP) is 7.41. The Labute approximate surface area is 223 Å². The van der Waals surface area contributed by atoms with Crippen LogP contribution in [-0.2, 0) is 16.2 Å². The van der Waals surface area contributed by atoms with Gasteiger partial charge in [-0.25, -0.2) is 0 Å². The molecule has 11 heteroatoms. The molecule has 0 aliphatic heterocycles. The fraction of sp³-hybridized carbons (Fsp3) is 0.357. The number of halogens is 3. The van der Waals surface area contributed by atoms with Crippen molar-refractivity contribution < 1.29 is 33.2 Å². The smallest absolute Gasteiger partial charge is 0.406 e. The number of nitrogens with zero attached hydrogens (tertiary/aromatic N) is 2. The molecule has 2 N–H and O–H groups in total. The lowest BCUT2D eigenvalue weighted by Crippen LogP contribution is -2.45. The molecular weight excluding hydrogens is 517 g/mol. The van der Waals surface area contributed by atoms with Crippen molar-refractivity contribution in [3.8, 4) is 11.5 Å². The van der Waals surface area contributed by atoms with Crippen LogP contribution in [0.15, 0.2) is 54.6 Å². The van der Waals surface area contributed by atoms with E-state index < -0.39 is 66.3 Å². The molecule has 0 aliphatic rings. The summed E-state index contributed by atoms with van der Waals surface area (Å²) in [4.78, 5) is 21.2. The summed E-state index contributed by atoms with van der Waals surface area (Å²) in [5.74, 6) is -1.68. The SMILES string of the molecule is CC(C)(C)c1cc(C(C)(C)C)cc(C(c2ccc(O)c([N+](=O)[O-])c2)(c2ccc(O)c([N+](=O)[O-])c2)C(F)(F)F)c1. The highest BCUT2D eigenvalue weighted by atomic mass is 19.4. The monoisotopic (exact) mass is 546 g/mol. The first-order valence-corrected chi connectivity index (χ1v) is 11.9. The van der Waals surface area contributed by atoms with Crippen molar-refractivity contribution in [2.75, 3.05) is 0 Å². The largest absolute Gasteiger partial charge is 0.502 e. The van der Waals surface area contributed by atoms with Gasteiger partial charge in [0.1, 0.15) is 5.41 Å². The van der Waals surface area contributed by atoms with E-state index in [1.54, 1.807) is 6.07 Å². The second-order valence-electron chi connectivity index (χ2n) is 11.5. The fourth-order valence-corrected chi connectivity index (χ4v) is 4.51. The summed E-state index contributed by atoms with van der Waals surface area (Å²) in [6.07, 6.45) is -5.20. The average Bonchev–Trinajstić information content (AvgIpc) is 2.78. The highest BCUT2D eigenvalue weighted by Crippen LogP contribution is 2.54. The molecular formula is C28H29F3N2O6. The van der Waals surface area contributed by atoms with E-state index in [0.29, 0.717) is 23.3 Å². The van der Waals surface area contributed by atoms with Crippen molar-refractivity contribution in [3.05, 3.63) is 103 Å². The molecule has 0 fully saturated rings. The summed E-state index contributed by atoms with van der Waals surface area (Å²) in [6, 6.07) is 9.15. The number of hydrogen-bond acceptors (Lipinski definition) is 6. The Morgan fingerprint density at radius 1 is 0.590 bits per heavy atom. The summed E-state index contributed by atoms with van der Waals surface area (Å²) in [5.41, 5.74) is -6.83. The minimum atomic E-state index is -5.20. The van der Waals surface area contributed by atoms with E-state index in [2.05, 4.69) is 0 Å². The van der Waals surface area contributed by atoms with E-state index in [0.717, 1.165) is 24.3 Å². The lowest BCUT2D eigenvalue weighted by Gasteiger charge is -2.39. The van der Waals surface area contributed by atoms with Gasteiger partial charge in [-0.3, -0.25) is 20.2 Å². The fourth-order valence-electron chi connectivity index (χ4n) is 4.51. The van der Waals surface area contributed by atoms with Gasteiger partial charge >= 0.3 is 17.6 Å². The molecule has 0 bridgehead atoms. The van der Waals surface area contributed by atoms with Crippen LogP contribution in [0.1, 0.15) is 69.4 Å². The van der Waals surface area contributed by atoms with Gasteiger partial charge in [0.2, 0.25) is 0 Å². The maximum Gasteiger partial charge on any atom is 0.406 e. The number of nitro groups is 2. The molecule has 0 radical (unpaired) electrons. The second-order valence-corrected chi connectivity index (χ2v) is 11.5. The molecule has 3 aromatic rings. The van der Waals surface area contributed by atoms with Gasteiger partial charge in [0.15, 0.2) is 11.5 Å². The highest BCUT2D eigenvalue weighted by molar-refractivity contribution is 5.62. The summed E-state index contributed by atoms with van der Waals surface area (Å²) in [7, 11) is 0. The lowest BCUT2D eigenvalue weighted by molar-refractivity contribution is -0.386. The quantitative estimate of drug-likeness (QED) is 0.195. The molecule has 0 saturated carbocycles. The van der Waals surface area contributed by atoms with Gasteiger partial charge in [0, 0.05) is 12.1 Å². The lowest BCUT2D eigenvalue weighted by atomic mass is 9.66. The Kier molecular flexibility index (Phi) is 7.20. The van der Waals surface area contributed by atoms with E-state index >= 15 is 13.2 Å². The summed E-state index contributed by atoms with van der Waals surface area (Å²) < 4.78 is 47.1. The van der Waals surface area contributed by atoms with Crippen molar-refractivity contribution in [1.82, 2.24) is 0 Å². The minimum absolute atomic E-state index is 0.327. The van der Waals surface area contributed by atoms with Gasteiger partial charge in [0.25, 0.3) is 0 Å². The van der Waals surface area contributed by atoms with Crippen LogP contribution in [-0.4, -0.2) is 26.2 Å². The number of aromatic hydroxyl groups is 2. The topological polar surface area (TPSA) is 127 Å². The van der Waals surface area contributed by atoms with Crippen molar-refractivity contribution in [3.63, 3.8) is 0 Å². The number of benzene rings is 3. The molecule has 0 amide bonds. The zero-order chi connectivity index (χ0) is 29.7. The van der Waals surface area contributed by atoms with Gasteiger partial charge < -0.3 is 10.2 Å². The van der Waals surface area contributed by atoms with Gasteiger partial charge in [-0.15, -0.1) is 0 Å². The molecule has 208 valence electrons. The molecule has 0 spiro atoms. The van der Waals surface area contributed by atoms with Crippen LogP contribution < -0.4 is 0 Å². The van der Waals surface area contributed by atoms with Gasteiger partial charge in [0.05, 0.1) is 9.85 Å². The molecule has 0 aliphatic carbocycles. The zero-order valence-electron chi connectivity index (χ0n) is 22.3. The van der Waals surface area contributed by atoms with Gasteiger partial charge in [-0.1, -0.05) is 71.9 Å². The van der Waals surface area contributed by atoms with Crippen LogP contribution in [0.3, 0.4) is 0 Å². The number of alkyl halides is 3. The first-order valence-electron chi connectivity index (χ1n) is 11.9. The Morgan fingerprint density at radius 3 is 1.21 bits per heavy atom.